The van der Waals surface area contributed by atoms with E-state index in [2.05, 4.69) is 4.72 Å². The Morgan fingerprint density at radius 2 is 1.95 bits per heavy atom. The number of phenols is 1. The lowest BCUT2D eigenvalue weighted by molar-refractivity contribution is 0.0686. The number of carboxylic acid groups (broad SMARTS) is 1. The normalized spacial score (nSPS) is 11.4. The van der Waals surface area contributed by atoms with E-state index >= 15 is 0 Å². The van der Waals surface area contributed by atoms with E-state index in [0.717, 1.165) is 6.07 Å². The Hall–Kier alpha value is -2.19. The van der Waals surface area contributed by atoms with Crippen LogP contribution in [0.2, 0.25) is 5.02 Å². The van der Waals surface area contributed by atoms with Gasteiger partial charge in [0.1, 0.15) is 16.3 Å². The molecule has 0 spiro atoms. The second-order valence-electron chi connectivity index (χ2n) is 4.70. The number of carbonyl (C=O) groups is 1. The van der Waals surface area contributed by atoms with Gasteiger partial charge in [-0.25, -0.2) is 13.2 Å². The van der Waals surface area contributed by atoms with E-state index < -0.39 is 16.0 Å². The van der Waals surface area contributed by atoms with Gasteiger partial charge in [0.25, 0.3) is 10.0 Å². The molecule has 0 aliphatic heterocycles. The molecule has 0 atom stereocenters. The minimum absolute atomic E-state index is 0.0780. The van der Waals surface area contributed by atoms with Gasteiger partial charge in [-0.3, -0.25) is 4.72 Å². The largest absolute Gasteiger partial charge is 0.505 e. The van der Waals surface area contributed by atoms with Crippen LogP contribution in [-0.4, -0.2) is 29.2 Å². The molecule has 1 aromatic carbocycles. The van der Waals surface area contributed by atoms with Gasteiger partial charge in [0.05, 0.1) is 5.69 Å². The molecule has 0 aliphatic rings. The first-order chi connectivity index (χ1) is 10.1. The number of carboxylic acids is 1. The van der Waals surface area contributed by atoms with Gasteiger partial charge in [0.15, 0.2) is 0 Å². The van der Waals surface area contributed by atoms with Crippen molar-refractivity contribution < 1.29 is 23.4 Å². The minimum atomic E-state index is -4.06. The number of aromatic nitrogens is 1. The summed E-state index contributed by atoms with van der Waals surface area (Å²) in [5, 5.41) is 19.1. The topological polar surface area (TPSA) is 109 Å². The van der Waals surface area contributed by atoms with Gasteiger partial charge in [-0.05, 0) is 30.7 Å². The lowest BCUT2D eigenvalue weighted by Gasteiger charge is -2.10. The molecule has 0 saturated carbocycles. The zero-order chi connectivity index (χ0) is 16.7. The Kier molecular flexibility index (Phi) is 4.08. The molecule has 2 aromatic rings. The maximum Gasteiger partial charge on any atom is 0.352 e. The molecule has 1 aromatic heterocycles. The fourth-order valence-corrected chi connectivity index (χ4v) is 3.31. The van der Waals surface area contributed by atoms with Crippen LogP contribution in [0.15, 0.2) is 29.3 Å². The summed E-state index contributed by atoms with van der Waals surface area (Å²) in [7, 11) is -2.64. The summed E-state index contributed by atoms with van der Waals surface area (Å²) >= 11 is 5.84. The molecule has 0 aliphatic carbocycles. The van der Waals surface area contributed by atoms with Crippen molar-refractivity contribution in [1.29, 1.82) is 0 Å². The van der Waals surface area contributed by atoms with Crippen LogP contribution >= 0.6 is 11.6 Å². The number of sulfonamides is 1. The number of hydrogen-bond acceptors (Lipinski definition) is 4. The first-order valence-electron chi connectivity index (χ1n) is 6.03. The van der Waals surface area contributed by atoms with Gasteiger partial charge in [0, 0.05) is 18.3 Å². The molecular formula is C13H13ClN2O5S. The maximum atomic E-state index is 12.3. The Morgan fingerprint density at radius 3 is 2.50 bits per heavy atom. The first kappa shape index (κ1) is 16.2. The molecule has 22 heavy (non-hydrogen) atoms. The number of rotatable bonds is 4. The van der Waals surface area contributed by atoms with Crippen molar-refractivity contribution >= 4 is 33.3 Å². The highest BCUT2D eigenvalue weighted by Crippen LogP contribution is 2.32. The summed E-state index contributed by atoms with van der Waals surface area (Å²) in [6, 6.07) is 3.78. The highest BCUT2D eigenvalue weighted by atomic mass is 35.5. The number of nitrogens with zero attached hydrogens (tertiary/aromatic N) is 1. The highest BCUT2D eigenvalue weighted by molar-refractivity contribution is 7.92. The van der Waals surface area contributed by atoms with E-state index in [9.17, 15) is 18.3 Å². The van der Waals surface area contributed by atoms with Crippen molar-refractivity contribution in [2.24, 2.45) is 7.05 Å². The number of aromatic carboxylic acids is 1. The van der Waals surface area contributed by atoms with Crippen molar-refractivity contribution in [2.75, 3.05) is 4.72 Å². The van der Waals surface area contributed by atoms with E-state index in [-0.39, 0.29) is 27.0 Å². The zero-order valence-electron chi connectivity index (χ0n) is 11.7. The fourth-order valence-electron chi connectivity index (χ4n) is 1.91. The summed E-state index contributed by atoms with van der Waals surface area (Å²) < 4.78 is 28.0. The molecule has 0 bridgehead atoms. The third-order valence-corrected chi connectivity index (χ3v) is 4.57. The number of aromatic hydroxyl groups is 1. The summed E-state index contributed by atoms with van der Waals surface area (Å²) in [6.45, 7) is 1.57. The molecule has 0 amide bonds. The molecule has 2 rings (SSSR count). The van der Waals surface area contributed by atoms with E-state index in [1.807, 2.05) is 0 Å². The van der Waals surface area contributed by atoms with Crippen molar-refractivity contribution in [3.63, 3.8) is 0 Å². The van der Waals surface area contributed by atoms with E-state index in [4.69, 9.17) is 16.7 Å². The van der Waals surface area contributed by atoms with Gasteiger partial charge in [0.2, 0.25) is 0 Å². The number of phenolic OH excluding ortho intramolecular Hbond substituents is 1. The maximum absolute atomic E-state index is 12.3. The summed E-state index contributed by atoms with van der Waals surface area (Å²) in [5.41, 5.74) is 0.155. The predicted octanol–water partition coefficient (Wildman–Crippen LogP) is 2.19. The van der Waals surface area contributed by atoms with Crippen LogP contribution in [0.4, 0.5) is 5.69 Å². The molecule has 9 heteroatoms. The average molecular weight is 345 g/mol. The van der Waals surface area contributed by atoms with Crippen LogP contribution in [0.5, 0.6) is 5.75 Å². The van der Waals surface area contributed by atoms with E-state index in [1.54, 1.807) is 6.92 Å². The predicted molar refractivity (Wildman–Crippen MR) is 81.0 cm³/mol. The van der Waals surface area contributed by atoms with Crippen molar-refractivity contribution in [2.45, 2.75) is 11.8 Å². The minimum Gasteiger partial charge on any atom is -0.505 e. The van der Waals surface area contributed by atoms with Crippen molar-refractivity contribution in [1.82, 2.24) is 4.57 Å². The SMILES string of the molecule is Cc1cc(Cl)cc(NS(=O)(=O)c2cc(C(=O)O)n(C)c2)c1O. The molecule has 0 saturated heterocycles. The van der Waals surface area contributed by atoms with Crippen LogP contribution in [0.3, 0.4) is 0 Å². The summed E-state index contributed by atoms with van der Waals surface area (Å²) in [6.07, 6.45) is 1.17. The lowest BCUT2D eigenvalue weighted by Crippen LogP contribution is -2.12. The Labute approximate surface area is 131 Å². The van der Waals surface area contributed by atoms with Crippen LogP contribution in [0.1, 0.15) is 16.1 Å². The Balaban J connectivity index is 2.45. The van der Waals surface area contributed by atoms with Crippen LogP contribution in [0, 0.1) is 6.92 Å². The third-order valence-electron chi connectivity index (χ3n) is 3.02. The number of anilines is 1. The highest BCUT2D eigenvalue weighted by Gasteiger charge is 2.22. The second kappa shape index (κ2) is 5.54. The summed E-state index contributed by atoms with van der Waals surface area (Å²) in [4.78, 5) is 10.7. The number of halogens is 1. The molecule has 0 radical (unpaired) electrons. The van der Waals surface area contributed by atoms with E-state index in [1.165, 1.54) is 29.9 Å². The quantitative estimate of drug-likeness (QED) is 0.737. The van der Waals surface area contributed by atoms with Gasteiger partial charge in [-0.15, -0.1) is 0 Å². The Bertz CT molecular complexity index is 858. The molecule has 118 valence electrons. The number of benzene rings is 1. The fraction of sp³-hybridized carbons (Fsp3) is 0.154. The van der Waals surface area contributed by atoms with E-state index in [0.29, 0.717) is 5.56 Å². The van der Waals surface area contributed by atoms with Gasteiger partial charge >= 0.3 is 5.97 Å². The number of aryl methyl sites for hydroxylation is 2. The molecule has 0 fully saturated rings. The van der Waals surface area contributed by atoms with Crippen molar-refractivity contribution in [3.05, 3.63) is 40.7 Å². The molecule has 1 heterocycles. The standard InChI is InChI=1S/C13H13ClN2O5S/c1-7-3-8(14)4-10(12(7)17)15-22(20,21)9-5-11(13(18)19)16(2)6-9/h3-6,15,17H,1-2H3,(H,18,19). The van der Waals surface area contributed by atoms with Gasteiger partial charge in [-0.1, -0.05) is 11.6 Å². The van der Waals surface area contributed by atoms with Crippen molar-refractivity contribution in [3.8, 4) is 5.75 Å². The molecule has 7 nitrogen and oxygen atoms in total. The average Bonchev–Trinajstić information content (AvgIpc) is 2.78. The monoisotopic (exact) mass is 344 g/mol. The zero-order valence-corrected chi connectivity index (χ0v) is 13.2. The molecule has 3 N–H and O–H groups in total. The second-order valence-corrected chi connectivity index (χ2v) is 6.82. The van der Waals surface area contributed by atoms with Gasteiger partial charge in [-0.2, -0.15) is 0 Å². The lowest BCUT2D eigenvalue weighted by atomic mass is 10.2. The van der Waals surface area contributed by atoms with Crippen LogP contribution in [-0.2, 0) is 17.1 Å². The van der Waals surface area contributed by atoms with Crippen LogP contribution < -0.4 is 4.72 Å². The summed E-state index contributed by atoms with van der Waals surface area (Å²) in [5.74, 6) is -1.49. The smallest absolute Gasteiger partial charge is 0.352 e. The molecule has 0 unspecified atom stereocenters. The first-order valence-corrected chi connectivity index (χ1v) is 7.89. The third kappa shape index (κ3) is 3.02. The van der Waals surface area contributed by atoms with Crippen LogP contribution in [0.25, 0.3) is 0 Å². The molecular weight excluding hydrogens is 332 g/mol. The Morgan fingerprint density at radius 1 is 1.32 bits per heavy atom. The number of hydrogen-bond donors (Lipinski definition) is 3. The van der Waals surface area contributed by atoms with Gasteiger partial charge < -0.3 is 14.8 Å². The number of nitrogens with one attached hydrogen (secondary N) is 1.